The van der Waals surface area contributed by atoms with Gasteiger partial charge in [0.25, 0.3) is 0 Å². The highest BCUT2D eigenvalue weighted by Gasteiger charge is 2.05. The van der Waals surface area contributed by atoms with E-state index in [1.54, 1.807) is 0 Å². The van der Waals surface area contributed by atoms with Crippen LogP contribution in [0.25, 0.3) is 11.1 Å². The Morgan fingerprint density at radius 2 is 1.63 bits per heavy atom. The standard InChI is InChI=1S/C33H40N2O3/c1-4-21-35(26-28-13-9-8-10-14-28)34-25-31-24-30(16-15-27(31)3)29-17-19-32(20-18-29)37-22-11-6-7-12-23-38-33(36)5-2/h5,8-10,13-20,24-25H,2,4,6-7,11-12,21-23,26H2,1,3H3/b34-25+. The second kappa shape index (κ2) is 16.1. The molecule has 0 aromatic heterocycles. The van der Waals surface area contributed by atoms with Gasteiger partial charge in [-0.2, -0.15) is 5.10 Å². The van der Waals surface area contributed by atoms with E-state index in [2.05, 4.69) is 80.0 Å². The van der Waals surface area contributed by atoms with Crippen molar-refractivity contribution in [2.45, 2.75) is 52.5 Å². The Hall–Kier alpha value is -3.86. The summed E-state index contributed by atoms with van der Waals surface area (Å²) in [7, 11) is 0. The van der Waals surface area contributed by atoms with Crippen LogP contribution < -0.4 is 4.74 Å². The molecule has 0 saturated carbocycles. The molecule has 3 aromatic rings. The van der Waals surface area contributed by atoms with Gasteiger partial charge in [-0.25, -0.2) is 4.79 Å². The fourth-order valence-corrected chi connectivity index (χ4v) is 4.06. The van der Waals surface area contributed by atoms with Gasteiger partial charge in [0.05, 0.1) is 26.0 Å². The van der Waals surface area contributed by atoms with E-state index >= 15 is 0 Å². The molecule has 0 bridgehead atoms. The Morgan fingerprint density at radius 1 is 0.921 bits per heavy atom. The van der Waals surface area contributed by atoms with Crippen LogP contribution in [0.4, 0.5) is 0 Å². The molecule has 3 aromatic carbocycles. The van der Waals surface area contributed by atoms with Crippen LogP contribution in [0, 0.1) is 6.92 Å². The number of ether oxygens (including phenoxy) is 2. The van der Waals surface area contributed by atoms with Crippen LogP contribution in [0.15, 0.2) is 90.6 Å². The first kappa shape index (κ1) is 28.7. The van der Waals surface area contributed by atoms with Gasteiger partial charge in [0.15, 0.2) is 0 Å². The van der Waals surface area contributed by atoms with Crippen LogP contribution in [-0.4, -0.2) is 37.0 Å². The zero-order chi connectivity index (χ0) is 27.0. The summed E-state index contributed by atoms with van der Waals surface area (Å²) in [5, 5.41) is 6.96. The molecule has 0 amide bonds. The third-order valence-electron chi connectivity index (χ3n) is 6.24. The highest BCUT2D eigenvalue weighted by atomic mass is 16.5. The predicted octanol–water partition coefficient (Wildman–Crippen LogP) is 7.58. The summed E-state index contributed by atoms with van der Waals surface area (Å²) in [5.74, 6) is 0.517. The van der Waals surface area contributed by atoms with Crippen molar-refractivity contribution in [2.75, 3.05) is 19.8 Å². The molecule has 0 N–H and O–H groups in total. The monoisotopic (exact) mass is 512 g/mol. The number of hydrogen-bond donors (Lipinski definition) is 0. The number of carbonyl (C=O) groups excluding carboxylic acids is 1. The van der Waals surface area contributed by atoms with Gasteiger partial charge in [0.1, 0.15) is 5.75 Å². The zero-order valence-electron chi connectivity index (χ0n) is 22.8. The lowest BCUT2D eigenvalue weighted by Gasteiger charge is -2.18. The SMILES string of the molecule is C=CC(=O)OCCCCCCOc1ccc(-c2ccc(C)c(/C=N/N(CCC)Cc3ccccc3)c2)cc1. The molecule has 0 aliphatic heterocycles. The molecule has 0 aliphatic rings. The fraction of sp³-hybridized carbons (Fsp3) is 0.333. The van der Waals surface area contributed by atoms with E-state index < -0.39 is 0 Å². The highest BCUT2D eigenvalue weighted by molar-refractivity contribution is 5.84. The summed E-state index contributed by atoms with van der Waals surface area (Å²) < 4.78 is 10.9. The number of aryl methyl sites for hydroxylation is 1. The lowest BCUT2D eigenvalue weighted by Crippen LogP contribution is -2.18. The molecule has 0 saturated heterocycles. The normalized spacial score (nSPS) is 10.9. The topological polar surface area (TPSA) is 51.1 Å². The molecule has 38 heavy (non-hydrogen) atoms. The fourth-order valence-electron chi connectivity index (χ4n) is 4.06. The summed E-state index contributed by atoms with van der Waals surface area (Å²) in [6, 6.07) is 25.2. The first-order valence-electron chi connectivity index (χ1n) is 13.5. The van der Waals surface area contributed by atoms with Gasteiger partial charge in [0, 0.05) is 12.6 Å². The van der Waals surface area contributed by atoms with Crippen LogP contribution in [0.3, 0.4) is 0 Å². The molecule has 0 spiro atoms. The van der Waals surface area contributed by atoms with Crippen molar-refractivity contribution in [3.8, 4) is 16.9 Å². The lowest BCUT2D eigenvalue weighted by atomic mass is 10.0. The maximum absolute atomic E-state index is 11.0. The molecule has 0 atom stereocenters. The Kier molecular flexibility index (Phi) is 12.1. The Labute approximate surface area is 227 Å². The van der Waals surface area contributed by atoms with Gasteiger partial charge in [0.2, 0.25) is 0 Å². The maximum Gasteiger partial charge on any atom is 0.330 e. The summed E-state index contributed by atoms with van der Waals surface area (Å²) in [6.07, 6.45) is 8.11. The quantitative estimate of drug-likeness (QED) is 0.0653. The van der Waals surface area contributed by atoms with Crippen LogP contribution in [0.5, 0.6) is 5.75 Å². The second-order valence-electron chi connectivity index (χ2n) is 9.35. The van der Waals surface area contributed by atoms with E-state index in [4.69, 9.17) is 14.6 Å². The van der Waals surface area contributed by atoms with E-state index in [0.29, 0.717) is 13.2 Å². The van der Waals surface area contributed by atoms with Crippen molar-refractivity contribution < 1.29 is 14.3 Å². The van der Waals surface area contributed by atoms with E-state index in [0.717, 1.165) is 67.6 Å². The predicted molar refractivity (Wildman–Crippen MR) is 156 cm³/mol. The van der Waals surface area contributed by atoms with Crippen LogP contribution >= 0.6 is 0 Å². The second-order valence-corrected chi connectivity index (χ2v) is 9.35. The minimum Gasteiger partial charge on any atom is -0.494 e. The van der Waals surface area contributed by atoms with E-state index in [1.165, 1.54) is 17.2 Å². The van der Waals surface area contributed by atoms with E-state index in [9.17, 15) is 4.79 Å². The molecule has 5 nitrogen and oxygen atoms in total. The molecule has 0 unspecified atom stereocenters. The Bertz CT molecular complexity index is 1160. The number of carbonyl (C=O) groups is 1. The number of benzene rings is 3. The Morgan fingerprint density at radius 3 is 2.34 bits per heavy atom. The Balaban J connectivity index is 1.51. The smallest absolute Gasteiger partial charge is 0.330 e. The van der Waals surface area contributed by atoms with Crippen molar-refractivity contribution in [2.24, 2.45) is 5.10 Å². The molecule has 0 aliphatic carbocycles. The average molecular weight is 513 g/mol. The van der Waals surface area contributed by atoms with Gasteiger partial charge in [-0.05, 0) is 85.0 Å². The van der Waals surface area contributed by atoms with Crippen molar-refractivity contribution in [3.05, 3.63) is 102 Å². The van der Waals surface area contributed by atoms with E-state index in [-0.39, 0.29) is 5.97 Å². The van der Waals surface area contributed by atoms with Crippen molar-refractivity contribution >= 4 is 12.2 Å². The number of nitrogens with zero attached hydrogens (tertiary/aromatic N) is 2. The lowest BCUT2D eigenvalue weighted by molar-refractivity contribution is -0.137. The number of rotatable bonds is 16. The highest BCUT2D eigenvalue weighted by Crippen LogP contribution is 2.24. The third-order valence-corrected chi connectivity index (χ3v) is 6.24. The largest absolute Gasteiger partial charge is 0.494 e. The van der Waals surface area contributed by atoms with E-state index in [1.807, 2.05) is 24.4 Å². The van der Waals surface area contributed by atoms with Crippen LogP contribution in [0.2, 0.25) is 0 Å². The molecule has 0 fully saturated rings. The molecule has 200 valence electrons. The summed E-state index contributed by atoms with van der Waals surface area (Å²) >= 11 is 0. The average Bonchev–Trinajstić information content (AvgIpc) is 2.94. The number of hydrazone groups is 1. The summed E-state index contributed by atoms with van der Waals surface area (Å²) in [4.78, 5) is 11.0. The summed E-state index contributed by atoms with van der Waals surface area (Å²) in [6.45, 7) is 10.5. The van der Waals surface area contributed by atoms with Crippen molar-refractivity contribution in [1.82, 2.24) is 5.01 Å². The van der Waals surface area contributed by atoms with Crippen molar-refractivity contribution in [1.29, 1.82) is 0 Å². The number of hydrogen-bond acceptors (Lipinski definition) is 5. The van der Waals surface area contributed by atoms with Gasteiger partial charge >= 0.3 is 5.97 Å². The van der Waals surface area contributed by atoms with Gasteiger partial charge in [-0.15, -0.1) is 0 Å². The molecule has 3 rings (SSSR count). The molecule has 0 radical (unpaired) electrons. The van der Waals surface area contributed by atoms with Crippen LogP contribution in [0.1, 0.15) is 55.7 Å². The molecular formula is C33H40N2O3. The molecular weight excluding hydrogens is 472 g/mol. The first-order valence-corrected chi connectivity index (χ1v) is 13.5. The molecule has 5 heteroatoms. The van der Waals surface area contributed by atoms with Gasteiger partial charge in [-0.1, -0.05) is 68.1 Å². The maximum atomic E-state index is 11.0. The van der Waals surface area contributed by atoms with Crippen molar-refractivity contribution in [3.63, 3.8) is 0 Å². The first-order chi connectivity index (χ1) is 18.6. The summed E-state index contributed by atoms with van der Waals surface area (Å²) in [5.41, 5.74) is 5.89. The van der Waals surface area contributed by atoms with Gasteiger partial charge in [-0.3, -0.25) is 5.01 Å². The van der Waals surface area contributed by atoms with Crippen LogP contribution in [-0.2, 0) is 16.1 Å². The zero-order valence-corrected chi connectivity index (χ0v) is 22.8. The minimum atomic E-state index is -0.357. The molecule has 0 heterocycles. The number of esters is 1. The number of unbranched alkanes of at least 4 members (excludes halogenated alkanes) is 3. The minimum absolute atomic E-state index is 0.357. The third kappa shape index (κ3) is 9.89. The van der Waals surface area contributed by atoms with Gasteiger partial charge < -0.3 is 9.47 Å².